The second-order valence-electron chi connectivity index (χ2n) is 7.88. The van der Waals surface area contributed by atoms with Gasteiger partial charge in [0.2, 0.25) is 5.91 Å². The van der Waals surface area contributed by atoms with E-state index < -0.39 is 17.9 Å². The van der Waals surface area contributed by atoms with Crippen molar-refractivity contribution in [2.75, 3.05) is 19.8 Å². The van der Waals surface area contributed by atoms with Crippen LogP contribution in [0.15, 0.2) is 18.2 Å². The number of aliphatic carboxylic acids is 1. The number of fused-ring (bicyclic) bond motifs is 1. The first-order chi connectivity index (χ1) is 11.8. The molecule has 2 aliphatic heterocycles. The number of carboxylic acids is 1. The van der Waals surface area contributed by atoms with Crippen LogP contribution in [0.4, 0.5) is 0 Å². The Morgan fingerprint density at radius 1 is 1.28 bits per heavy atom. The Kier molecular flexibility index (Phi) is 4.62. The van der Waals surface area contributed by atoms with E-state index in [1.807, 2.05) is 39.0 Å². The third-order valence-corrected chi connectivity index (χ3v) is 4.58. The molecule has 2 atom stereocenters. The van der Waals surface area contributed by atoms with Crippen molar-refractivity contribution < 1.29 is 24.2 Å². The van der Waals surface area contributed by atoms with E-state index in [2.05, 4.69) is 0 Å². The molecule has 0 aromatic heterocycles. The van der Waals surface area contributed by atoms with Crippen LogP contribution >= 0.6 is 0 Å². The number of carboxylic acid groups (broad SMARTS) is 1. The second kappa shape index (κ2) is 6.58. The van der Waals surface area contributed by atoms with Crippen LogP contribution in [0.2, 0.25) is 0 Å². The Labute approximate surface area is 147 Å². The largest absolute Gasteiger partial charge is 0.486 e. The number of hydrogen-bond acceptors (Lipinski definition) is 4. The standard InChI is InChI=1S/C19H25NO5/c1-19(2,3)11-20-15(21)8-7-13(18(22)23)16(20)12-5-4-6-14-17(12)25-10-9-24-14/h4-6,13,16H,7-11H2,1-3H3,(H,22,23)/t13-,16+/m0/s1. The lowest BCUT2D eigenvalue weighted by atomic mass is 9.82. The van der Waals surface area contributed by atoms with Crippen molar-refractivity contribution >= 4 is 11.9 Å². The summed E-state index contributed by atoms with van der Waals surface area (Å²) in [7, 11) is 0. The maximum atomic E-state index is 12.7. The zero-order valence-corrected chi connectivity index (χ0v) is 14.9. The Bertz CT molecular complexity index is 679. The lowest BCUT2D eigenvalue weighted by Gasteiger charge is -2.43. The van der Waals surface area contributed by atoms with E-state index in [4.69, 9.17) is 9.47 Å². The highest BCUT2D eigenvalue weighted by Crippen LogP contribution is 2.45. The summed E-state index contributed by atoms with van der Waals surface area (Å²) in [5.74, 6) is -0.366. The maximum Gasteiger partial charge on any atom is 0.308 e. The zero-order chi connectivity index (χ0) is 18.2. The van der Waals surface area contributed by atoms with Crippen LogP contribution in [-0.4, -0.2) is 41.6 Å². The topological polar surface area (TPSA) is 76.1 Å². The van der Waals surface area contributed by atoms with Gasteiger partial charge in [-0.15, -0.1) is 0 Å². The number of para-hydroxylation sites is 1. The normalized spacial score (nSPS) is 23.5. The van der Waals surface area contributed by atoms with Crippen molar-refractivity contribution in [3.05, 3.63) is 23.8 Å². The van der Waals surface area contributed by atoms with Gasteiger partial charge in [0.05, 0.1) is 12.0 Å². The Morgan fingerprint density at radius 3 is 2.68 bits per heavy atom. The summed E-state index contributed by atoms with van der Waals surface area (Å²) >= 11 is 0. The zero-order valence-electron chi connectivity index (χ0n) is 14.9. The van der Waals surface area contributed by atoms with Crippen LogP contribution in [0.25, 0.3) is 0 Å². The van der Waals surface area contributed by atoms with E-state index >= 15 is 0 Å². The lowest BCUT2D eigenvalue weighted by Crippen LogP contribution is -2.48. The van der Waals surface area contributed by atoms with Crippen LogP contribution in [0, 0.1) is 11.3 Å². The van der Waals surface area contributed by atoms with Gasteiger partial charge in [-0.2, -0.15) is 0 Å². The van der Waals surface area contributed by atoms with Gasteiger partial charge in [-0.05, 0) is 17.9 Å². The summed E-state index contributed by atoms with van der Waals surface area (Å²) in [5, 5.41) is 9.77. The van der Waals surface area contributed by atoms with Crippen molar-refractivity contribution in [2.24, 2.45) is 11.3 Å². The molecular weight excluding hydrogens is 322 g/mol. The van der Waals surface area contributed by atoms with Gasteiger partial charge in [-0.1, -0.05) is 32.9 Å². The lowest BCUT2D eigenvalue weighted by molar-refractivity contribution is -0.153. The Balaban J connectivity index is 2.08. The predicted molar refractivity (Wildman–Crippen MR) is 91.7 cm³/mol. The summed E-state index contributed by atoms with van der Waals surface area (Å²) < 4.78 is 11.4. The number of rotatable bonds is 3. The molecule has 1 aromatic carbocycles. The van der Waals surface area contributed by atoms with Gasteiger partial charge in [0.25, 0.3) is 0 Å². The second-order valence-corrected chi connectivity index (χ2v) is 7.88. The molecule has 1 saturated heterocycles. The van der Waals surface area contributed by atoms with Gasteiger partial charge < -0.3 is 19.5 Å². The number of nitrogens with zero attached hydrogens (tertiary/aromatic N) is 1. The van der Waals surface area contributed by atoms with Crippen molar-refractivity contribution in [2.45, 2.75) is 39.7 Å². The average molecular weight is 347 g/mol. The fourth-order valence-electron chi connectivity index (χ4n) is 3.62. The first-order valence-electron chi connectivity index (χ1n) is 8.69. The van der Waals surface area contributed by atoms with Crippen LogP contribution in [0.5, 0.6) is 11.5 Å². The number of benzene rings is 1. The quantitative estimate of drug-likeness (QED) is 0.910. The minimum atomic E-state index is -0.884. The van der Waals surface area contributed by atoms with Crippen LogP contribution in [-0.2, 0) is 9.59 Å². The molecule has 2 aliphatic rings. The average Bonchev–Trinajstić information content (AvgIpc) is 2.55. The molecule has 0 bridgehead atoms. The van der Waals surface area contributed by atoms with Gasteiger partial charge >= 0.3 is 5.97 Å². The van der Waals surface area contributed by atoms with Gasteiger partial charge in [0, 0.05) is 18.5 Å². The van der Waals surface area contributed by atoms with Gasteiger partial charge in [-0.3, -0.25) is 9.59 Å². The molecule has 0 unspecified atom stereocenters. The van der Waals surface area contributed by atoms with E-state index in [0.29, 0.717) is 37.7 Å². The molecule has 0 radical (unpaired) electrons. The summed E-state index contributed by atoms with van der Waals surface area (Å²) in [6.45, 7) is 7.51. The van der Waals surface area contributed by atoms with Crippen molar-refractivity contribution in [3.8, 4) is 11.5 Å². The molecule has 0 spiro atoms. The van der Waals surface area contributed by atoms with Crippen molar-refractivity contribution in [3.63, 3.8) is 0 Å². The molecule has 1 amide bonds. The highest BCUT2D eigenvalue weighted by Gasteiger charge is 2.43. The molecule has 1 aromatic rings. The number of carbonyl (C=O) groups excluding carboxylic acids is 1. The van der Waals surface area contributed by atoms with Crippen molar-refractivity contribution in [1.82, 2.24) is 4.90 Å². The van der Waals surface area contributed by atoms with Gasteiger partial charge in [-0.25, -0.2) is 0 Å². The molecule has 6 nitrogen and oxygen atoms in total. The molecular formula is C19H25NO5. The van der Waals surface area contributed by atoms with Gasteiger partial charge in [0.1, 0.15) is 13.2 Å². The Hall–Kier alpha value is -2.24. The van der Waals surface area contributed by atoms with Crippen LogP contribution < -0.4 is 9.47 Å². The fraction of sp³-hybridized carbons (Fsp3) is 0.579. The number of likely N-dealkylation sites (tertiary alicyclic amines) is 1. The molecule has 3 rings (SSSR count). The molecule has 0 aliphatic carbocycles. The summed E-state index contributed by atoms with van der Waals surface area (Å²) in [6.07, 6.45) is 0.597. The van der Waals surface area contributed by atoms with Crippen molar-refractivity contribution in [1.29, 1.82) is 0 Å². The third-order valence-electron chi connectivity index (χ3n) is 4.58. The predicted octanol–water partition coefficient (Wildman–Crippen LogP) is 2.87. The molecule has 1 N–H and O–H groups in total. The molecule has 6 heteroatoms. The molecule has 25 heavy (non-hydrogen) atoms. The number of piperidine rings is 1. The fourth-order valence-corrected chi connectivity index (χ4v) is 3.62. The minimum absolute atomic E-state index is 0.00763. The van der Waals surface area contributed by atoms with E-state index in [1.54, 1.807) is 4.90 Å². The maximum absolute atomic E-state index is 12.7. The number of ether oxygens (including phenoxy) is 2. The van der Waals surface area contributed by atoms with Gasteiger partial charge in [0.15, 0.2) is 11.5 Å². The van der Waals surface area contributed by atoms with E-state index in [1.165, 1.54) is 0 Å². The highest BCUT2D eigenvalue weighted by molar-refractivity contribution is 5.82. The van der Waals surface area contributed by atoms with Crippen LogP contribution in [0.1, 0.15) is 45.2 Å². The SMILES string of the molecule is CC(C)(C)CN1C(=O)CC[C@H](C(=O)O)[C@H]1c1cccc2c1OCCO2. The number of hydrogen-bond donors (Lipinski definition) is 1. The number of amides is 1. The minimum Gasteiger partial charge on any atom is -0.486 e. The van der Waals surface area contributed by atoms with Crippen LogP contribution in [0.3, 0.4) is 0 Å². The van der Waals surface area contributed by atoms with E-state index in [-0.39, 0.29) is 17.7 Å². The summed E-state index contributed by atoms with van der Waals surface area (Å²) in [4.78, 5) is 26.3. The smallest absolute Gasteiger partial charge is 0.308 e. The highest BCUT2D eigenvalue weighted by atomic mass is 16.6. The van der Waals surface area contributed by atoms with E-state index in [0.717, 1.165) is 5.56 Å². The summed E-state index contributed by atoms with van der Waals surface area (Å²) in [6, 6.07) is 4.94. The monoisotopic (exact) mass is 347 g/mol. The molecule has 1 fully saturated rings. The molecule has 136 valence electrons. The first-order valence-corrected chi connectivity index (χ1v) is 8.69. The third kappa shape index (κ3) is 3.57. The van der Waals surface area contributed by atoms with E-state index in [9.17, 15) is 14.7 Å². The first kappa shape index (κ1) is 17.6. The number of carbonyl (C=O) groups is 2. The Morgan fingerprint density at radius 2 is 2.00 bits per heavy atom. The summed E-state index contributed by atoms with van der Waals surface area (Å²) in [5.41, 5.74) is 0.586. The molecule has 2 heterocycles. The molecule has 0 saturated carbocycles.